The molecule has 0 aliphatic rings. The lowest BCUT2D eigenvalue weighted by atomic mass is 10.0. The maximum Gasteiger partial charge on any atom is 0.259 e. The van der Waals surface area contributed by atoms with Crippen LogP contribution in [-0.2, 0) is 6.42 Å². The SMILES string of the molecule is CC(O)c1onc(-c2ccc(F)cc2)c1C(=O)N(C)CCc1ccccn1. The first-order valence-electron chi connectivity index (χ1n) is 8.56. The number of likely N-dealkylation sites (N-methyl/N-ethyl adjacent to an activating group) is 1. The van der Waals surface area contributed by atoms with Crippen LogP contribution in [0.3, 0.4) is 0 Å². The van der Waals surface area contributed by atoms with Crippen LogP contribution in [0.15, 0.2) is 53.2 Å². The van der Waals surface area contributed by atoms with Gasteiger partial charge in [0.25, 0.3) is 5.91 Å². The van der Waals surface area contributed by atoms with E-state index < -0.39 is 11.9 Å². The van der Waals surface area contributed by atoms with Crippen LogP contribution in [0.2, 0.25) is 0 Å². The van der Waals surface area contributed by atoms with Gasteiger partial charge in [0, 0.05) is 37.5 Å². The van der Waals surface area contributed by atoms with Crippen molar-refractivity contribution >= 4 is 5.91 Å². The van der Waals surface area contributed by atoms with Gasteiger partial charge in [0.1, 0.15) is 23.2 Å². The zero-order valence-corrected chi connectivity index (χ0v) is 15.1. The van der Waals surface area contributed by atoms with Gasteiger partial charge in [-0.1, -0.05) is 11.2 Å². The van der Waals surface area contributed by atoms with Gasteiger partial charge in [-0.2, -0.15) is 0 Å². The lowest BCUT2D eigenvalue weighted by Crippen LogP contribution is -2.30. The summed E-state index contributed by atoms with van der Waals surface area (Å²) in [4.78, 5) is 18.8. The van der Waals surface area contributed by atoms with Gasteiger partial charge >= 0.3 is 0 Å². The molecule has 27 heavy (non-hydrogen) atoms. The van der Waals surface area contributed by atoms with Gasteiger partial charge in [-0.25, -0.2) is 4.39 Å². The second-order valence-electron chi connectivity index (χ2n) is 6.25. The fourth-order valence-corrected chi connectivity index (χ4v) is 2.72. The molecule has 0 aliphatic carbocycles. The van der Waals surface area contributed by atoms with Crippen molar-refractivity contribution in [1.29, 1.82) is 0 Å². The smallest absolute Gasteiger partial charge is 0.259 e. The number of halogens is 1. The lowest BCUT2D eigenvalue weighted by molar-refractivity contribution is 0.0784. The second kappa shape index (κ2) is 8.09. The summed E-state index contributed by atoms with van der Waals surface area (Å²) in [5, 5.41) is 13.9. The molecule has 1 aromatic carbocycles. The number of nitrogens with zero attached hydrogens (tertiary/aromatic N) is 3. The van der Waals surface area contributed by atoms with E-state index in [9.17, 15) is 14.3 Å². The molecule has 0 saturated carbocycles. The third-order valence-electron chi connectivity index (χ3n) is 4.21. The van der Waals surface area contributed by atoms with Gasteiger partial charge in [-0.3, -0.25) is 9.78 Å². The number of aromatic nitrogens is 2. The first-order valence-corrected chi connectivity index (χ1v) is 8.56. The summed E-state index contributed by atoms with van der Waals surface area (Å²) in [6.07, 6.45) is 1.29. The predicted octanol–water partition coefficient (Wildman–Crippen LogP) is 3.24. The summed E-state index contributed by atoms with van der Waals surface area (Å²) < 4.78 is 18.4. The molecule has 0 aliphatic heterocycles. The van der Waals surface area contributed by atoms with Crippen molar-refractivity contribution in [3.05, 3.63) is 71.5 Å². The first kappa shape index (κ1) is 18.7. The summed E-state index contributed by atoms with van der Waals surface area (Å²) >= 11 is 0. The number of aliphatic hydroxyl groups is 1. The Bertz CT molecular complexity index is 908. The molecule has 2 aromatic heterocycles. The molecule has 6 nitrogen and oxygen atoms in total. The fourth-order valence-electron chi connectivity index (χ4n) is 2.72. The molecular weight excluding hydrogens is 349 g/mol. The number of carbonyl (C=O) groups is 1. The molecule has 1 unspecified atom stereocenters. The molecule has 140 valence electrons. The molecule has 0 radical (unpaired) electrons. The van der Waals surface area contributed by atoms with Crippen molar-refractivity contribution in [3.63, 3.8) is 0 Å². The Morgan fingerprint density at radius 1 is 1.26 bits per heavy atom. The number of benzene rings is 1. The second-order valence-corrected chi connectivity index (χ2v) is 6.25. The fraction of sp³-hybridized carbons (Fsp3) is 0.250. The van der Waals surface area contributed by atoms with E-state index in [2.05, 4.69) is 10.1 Å². The maximum absolute atomic E-state index is 13.2. The van der Waals surface area contributed by atoms with E-state index in [0.717, 1.165) is 5.69 Å². The van der Waals surface area contributed by atoms with Crippen LogP contribution in [-0.4, -0.2) is 39.6 Å². The van der Waals surface area contributed by atoms with Crippen molar-refractivity contribution in [3.8, 4) is 11.3 Å². The average molecular weight is 369 g/mol. The molecular formula is C20H20FN3O3. The van der Waals surface area contributed by atoms with Crippen LogP contribution in [0.4, 0.5) is 4.39 Å². The molecule has 0 saturated heterocycles. The van der Waals surface area contributed by atoms with Crippen molar-refractivity contribution in [1.82, 2.24) is 15.0 Å². The van der Waals surface area contributed by atoms with E-state index in [-0.39, 0.29) is 22.9 Å². The van der Waals surface area contributed by atoms with E-state index in [1.807, 2.05) is 18.2 Å². The highest BCUT2D eigenvalue weighted by Crippen LogP contribution is 2.30. The van der Waals surface area contributed by atoms with Crippen LogP contribution >= 0.6 is 0 Å². The van der Waals surface area contributed by atoms with Crippen LogP contribution < -0.4 is 0 Å². The Morgan fingerprint density at radius 2 is 2.00 bits per heavy atom. The molecule has 1 amide bonds. The Hall–Kier alpha value is -3.06. The predicted molar refractivity (Wildman–Crippen MR) is 97.4 cm³/mol. The van der Waals surface area contributed by atoms with Gasteiger partial charge in [0.15, 0.2) is 5.76 Å². The topological polar surface area (TPSA) is 79.5 Å². The normalized spacial score (nSPS) is 12.0. The van der Waals surface area contributed by atoms with Gasteiger partial charge in [-0.05, 0) is 43.3 Å². The van der Waals surface area contributed by atoms with Crippen LogP contribution in [0.5, 0.6) is 0 Å². The standard InChI is InChI=1S/C20H20FN3O3/c1-13(25)19-17(18(23-27-19)14-6-8-15(21)9-7-14)20(26)24(2)12-10-16-5-3-4-11-22-16/h3-9,11,13,25H,10,12H2,1-2H3. The Labute approximate surface area is 156 Å². The summed E-state index contributed by atoms with van der Waals surface area (Å²) in [5.74, 6) is -0.634. The minimum Gasteiger partial charge on any atom is -0.385 e. The van der Waals surface area contributed by atoms with Crippen molar-refractivity contribution < 1.29 is 18.8 Å². The third kappa shape index (κ3) is 4.20. The van der Waals surface area contributed by atoms with Crippen LogP contribution in [0, 0.1) is 5.82 Å². The molecule has 2 heterocycles. The van der Waals surface area contributed by atoms with E-state index in [1.165, 1.54) is 36.1 Å². The number of hydrogen-bond acceptors (Lipinski definition) is 5. The average Bonchev–Trinajstić information content (AvgIpc) is 3.12. The molecule has 7 heteroatoms. The maximum atomic E-state index is 13.2. The zero-order chi connectivity index (χ0) is 19.4. The van der Waals surface area contributed by atoms with Gasteiger partial charge in [-0.15, -0.1) is 0 Å². The van der Waals surface area contributed by atoms with E-state index in [4.69, 9.17) is 4.52 Å². The molecule has 1 N–H and O–H groups in total. The Kier molecular flexibility index (Phi) is 5.61. The minimum absolute atomic E-state index is 0.0870. The van der Waals surface area contributed by atoms with E-state index in [1.54, 1.807) is 13.2 Å². The molecule has 3 aromatic rings. The van der Waals surface area contributed by atoms with Crippen molar-refractivity contribution in [2.24, 2.45) is 0 Å². The number of carbonyl (C=O) groups excluding carboxylic acids is 1. The van der Waals surface area contributed by atoms with Crippen LogP contribution in [0.25, 0.3) is 11.3 Å². The first-order chi connectivity index (χ1) is 13.0. The molecule has 0 fully saturated rings. The van der Waals surface area contributed by atoms with E-state index in [0.29, 0.717) is 18.5 Å². The van der Waals surface area contributed by atoms with Crippen LogP contribution in [0.1, 0.15) is 34.8 Å². The Morgan fingerprint density at radius 3 is 2.63 bits per heavy atom. The summed E-state index contributed by atoms with van der Waals surface area (Å²) in [6.45, 7) is 1.93. The monoisotopic (exact) mass is 369 g/mol. The van der Waals surface area contributed by atoms with Gasteiger partial charge < -0.3 is 14.5 Å². The highest BCUT2D eigenvalue weighted by Gasteiger charge is 2.28. The van der Waals surface area contributed by atoms with Gasteiger partial charge in [0.2, 0.25) is 0 Å². The number of rotatable bonds is 6. The molecule has 0 spiro atoms. The number of aliphatic hydroxyl groups excluding tert-OH is 1. The molecule has 1 atom stereocenters. The quantitative estimate of drug-likeness (QED) is 0.722. The van der Waals surface area contributed by atoms with Crippen molar-refractivity contribution in [2.75, 3.05) is 13.6 Å². The summed E-state index contributed by atoms with van der Waals surface area (Å²) in [6, 6.07) is 11.2. The largest absolute Gasteiger partial charge is 0.385 e. The highest BCUT2D eigenvalue weighted by molar-refractivity contribution is 6.00. The summed E-state index contributed by atoms with van der Waals surface area (Å²) in [5.41, 5.74) is 1.87. The van der Waals surface area contributed by atoms with Crippen molar-refractivity contribution in [2.45, 2.75) is 19.4 Å². The minimum atomic E-state index is -1.00. The van der Waals surface area contributed by atoms with E-state index >= 15 is 0 Å². The third-order valence-corrected chi connectivity index (χ3v) is 4.21. The Balaban J connectivity index is 1.88. The zero-order valence-electron chi connectivity index (χ0n) is 15.1. The molecule has 3 rings (SSSR count). The number of pyridine rings is 1. The number of amides is 1. The summed E-state index contributed by atoms with van der Waals surface area (Å²) in [7, 11) is 1.67. The number of hydrogen-bond donors (Lipinski definition) is 1. The van der Waals surface area contributed by atoms with Gasteiger partial charge in [0.05, 0.1) is 0 Å². The molecule has 0 bridgehead atoms. The highest BCUT2D eigenvalue weighted by atomic mass is 19.1. The lowest BCUT2D eigenvalue weighted by Gasteiger charge is -2.17.